The summed E-state index contributed by atoms with van der Waals surface area (Å²) in [6, 6.07) is 18.5. The van der Waals surface area contributed by atoms with Crippen molar-refractivity contribution in [2.45, 2.75) is 45.6 Å². The monoisotopic (exact) mass is 432 g/mol. The summed E-state index contributed by atoms with van der Waals surface area (Å²) in [5, 5.41) is 7.79. The molecule has 6 nitrogen and oxygen atoms in total. The highest BCUT2D eigenvalue weighted by Crippen LogP contribution is 2.31. The first kappa shape index (κ1) is 22.1. The summed E-state index contributed by atoms with van der Waals surface area (Å²) < 4.78 is 7.20. The number of benzene rings is 2. The Kier molecular flexibility index (Phi) is 6.90. The van der Waals surface area contributed by atoms with Crippen molar-refractivity contribution in [1.82, 2.24) is 14.7 Å². The molecule has 1 aliphatic rings. The van der Waals surface area contributed by atoms with Crippen LogP contribution in [0.1, 0.15) is 48.7 Å². The van der Waals surface area contributed by atoms with Gasteiger partial charge in [-0.15, -0.1) is 0 Å². The number of hydrogen-bond donors (Lipinski definition) is 1. The highest BCUT2D eigenvalue weighted by atomic mass is 16.5. The Morgan fingerprint density at radius 2 is 1.81 bits per heavy atom. The van der Waals surface area contributed by atoms with E-state index in [4.69, 9.17) is 4.74 Å². The second kappa shape index (κ2) is 10.0. The molecule has 1 atom stereocenters. The molecule has 0 spiro atoms. The van der Waals surface area contributed by atoms with Crippen molar-refractivity contribution < 1.29 is 9.53 Å². The predicted molar refractivity (Wildman–Crippen MR) is 127 cm³/mol. The summed E-state index contributed by atoms with van der Waals surface area (Å²) in [5.74, 6) is 0.859. The second-order valence-corrected chi connectivity index (χ2v) is 8.45. The minimum atomic E-state index is 0.00391. The molecule has 2 aromatic carbocycles. The van der Waals surface area contributed by atoms with Gasteiger partial charge in [-0.3, -0.25) is 9.69 Å². The number of ether oxygens (including phenoxy) is 1. The van der Waals surface area contributed by atoms with Crippen LogP contribution in [-0.2, 0) is 4.79 Å². The lowest BCUT2D eigenvalue weighted by Crippen LogP contribution is -2.36. The third-order valence-corrected chi connectivity index (χ3v) is 6.27. The van der Waals surface area contributed by atoms with Crippen LogP contribution in [0.3, 0.4) is 0 Å². The van der Waals surface area contributed by atoms with Gasteiger partial charge in [-0.1, -0.05) is 43.2 Å². The molecule has 1 fully saturated rings. The molecule has 168 valence electrons. The number of methoxy groups -OCH3 is 1. The van der Waals surface area contributed by atoms with Gasteiger partial charge in [0.05, 0.1) is 36.4 Å². The molecule has 1 aromatic heterocycles. The van der Waals surface area contributed by atoms with Crippen molar-refractivity contribution in [3.8, 4) is 11.4 Å². The molecule has 0 saturated carbocycles. The Labute approximate surface area is 190 Å². The molecule has 0 aliphatic carbocycles. The van der Waals surface area contributed by atoms with Crippen molar-refractivity contribution in [3.05, 3.63) is 71.5 Å². The Hall–Kier alpha value is -3.12. The summed E-state index contributed by atoms with van der Waals surface area (Å²) in [7, 11) is 1.68. The first-order valence-corrected chi connectivity index (χ1v) is 11.4. The molecule has 0 bridgehead atoms. The van der Waals surface area contributed by atoms with E-state index >= 15 is 0 Å². The van der Waals surface area contributed by atoms with E-state index in [0.29, 0.717) is 6.54 Å². The summed E-state index contributed by atoms with van der Waals surface area (Å²) in [4.78, 5) is 15.4. The number of likely N-dealkylation sites (tertiary alicyclic amines) is 1. The average molecular weight is 433 g/mol. The van der Waals surface area contributed by atoms with Crippen LogP contribution in [-0.4, -0.2) is 40.8 Å². The molecule has 3 aromatic rings. The lowest BCUT2D eigenvalue weighted by molar-refractivity contribution is -0.117. The van der Waals surface area contributed by atoms with E-state index in [1.165, 1.54) is 18.4 Å². The SMILES string of the molecule is COc1ccc(C2CCCCCN2CC(=O)Nc2c(C)nn(-c3ccccc3)c2C)cc1. The fourth-order valence-corrected chi connectivity index (χ4v) is 4.57. The summed E-state index contributed by atoms with van der Waals surface area (Å²) in [5.41, 5.74) is 4.78. The number of anilines is 1. The highest BCUT2D eigenvalue weighted by Gasteiger charge is 2.25. The zero-order valence-electron chi connectivity index (χ0n) is 19.2. The third kappa shape index (κ3) is 4.86. The van der Waals surface area contributed by atoms with E-state index in [1.54, 1.807) is 7.11 Å². The molecule has 4 rings (SSSR count). The van der Waals surface area contributed by atoms with E-state index in [2.05, 4.69) is 27.4 Å². The largest absolute Gasteiger partial charge is 0.497 e. The Morgan fingerprint density at radius 1 is 1.06 bits per heavy atom. The minimum absolute atomic E-state index is 0.00391. The van der Waals surface area contributed by atoms with E-state index in [1.807, 2.05) is 61.0 Å². The Balaban J connectivity index is 1.50. The van der Waals surface area contributed by atoms with Crippen LogP contribution < -0.4 is 10.1 Å². The summed E-state index contributed by atoms with van der Waals surface area (Å²) in [6.07, 6.45) is 4.55. The first-order valence-electron chi connectivity index (χ1n) is 11.4. The van der Waals surface area contributed by atoms with Crippen molar-refractivity contribution in [1.29, 1.82) is 0 Å². The lowest BCUT2D eigenvalue weighted by atomic mass is 10.0. The number of aromatic nitrogens is 2. The summed E-state index contributed by atoms with van der Waals surface area (Å²) >= 11 is 0. The quantitative estimate of drug-likeness (QED) is 0.592. The highest BCUT2D eigenvalue weighted by molar-refractivity contribution is 5.93. The smallest absolute Gasteiger partial charge is 0.238 e. The number of aryl methyl sites for hydroxylation is 1. The van der Waals surface area contributed by atoms with Gasteiger partial charge in [-0.05, 0) is 63.1 Å². The molecular formula is C26H32N4O2. The molecule has 0 radical (unpaired) electrons. The topological polar surface area (TPSA) is 59.4 Å². The van der Waals surface area contributed by atoms with Gasteiger partial charge in [0, 0.05) is 6.04 Å². The Bertz CT molecular complexity index is 1040. The summed E-state index contributed by atoms with van der Waals surface area (Å²) in [6.45, 7) is 5.22. The molecule has 1 N–H and O–H groups in total. The molecule has 1 aliphatic heterocycles. The fourth-order valence-electron chi connectivity index (χ4n) is 4.57. The predicted octanol–water partition coefficient (Wildman–Crippen LogP) is 5.05. The van der Waals surface area contributed by atoms with Gasteiger partial charge in [-0.2, -0.15) is 5.10 Å². The van der Waals surface area contributed by atoms with Crippen LogP contribution in [0.4, 0.5) is 5.69 Å². The van der Waals surface area contributed by atoms with E-state index in [0.717, 1.165) is 47.9 Å². The number of nitrogens with zero attached hydrogens (tertiary/aromatic N) is 3. The maximum atomic E-state index is 13.1. The zero-order valence-corrected chi connectivity index (χ0v) is 19.2. The van der Waals surface area contributed by atoms with E-state index in [-0.39, 0.29) is 11.9 Å². The molecule has 6 heteroatoms. The van der Waals surface area contributed by atoms with Crippen molar-refractivity contribution in [2.75, 3.05) is 25.5 Å². The molecular weight excluding hydrogens is 400 g/mol. The number of carbonyl (C=O) groups is 1. The molecule has 1 amide bonds. The maximum absolute atomic E-state index is 13.1. The first-order chi connectivity index (χ1) is 15.6. The Morgan fingerprint density at radius 3 is 2.53 bits per heavy atom. The molecule has 2 heterocycles. The van der Waals surface area contributed by atoms with Crippen LogP contribution in [0.5, 0.6) is 5.75 Å². The van der Waals surface area contributed by atoms with Gasteiger partial charge < -0.3 is 10.1 Å². The van der Waals surface area contributed by atoms with Gasteiger partial charge in [0.15, 0.2) is 0 Å². The van der Waals surface area contributed by atoms with Crippen LogP contribution in [0.15, 0.2) is 54.6 Å². The molecule has 1 unspecified atom stereocenters. The molecule has 1 saturated heterocycles. The van der Waals surface area contributed by atoms with E-state index < -0.39 is 0 Å². The van der Waals surface area contributed by atoms with Crippen molar-refractivity contribution >= 4 is 11.6 Å². The van der Waals surface area contributed by atoms with Gasteiger partial charge in [0.2, 0.25) is 5.91 Å². The van der Waals surface area contributed by atoms with Crippen LogP contribution in [0.2, 0.25) is 0 Å². The zero-order chi connectivity index (χ0) is 22.5. The second-order valence-electron chi connectivity index (χ2n) is 8.45. The maximum Gasteiger partial charge on any atom is 0.238 e. The minimum Gasteiger partial charge on any atom is -0.497 e. The third-order valence-electron chi connectivity index (χ3n) is 6.27. The van der Waals surface area contributed by atoms with Gasteiger partial charge in [0.25, 0.3) is 0 Å². The number of carbonyl (C=O) groups excluding carboxylic acids is 1. The van der Waals surface area contributed by atoms with Gasteiger partial charge in [-0.25, -0.2) is 4.68 Å². The van der Waals surface area contributed by atoms with Crippen LogP contribution >= 0.6 is 0 Å². The van der Waals surface area contributed by atoms with Crippen molar-refractivity contribution in [2.24, 2.45) is 0 Å². The van der Waals surface area contributed by atoms with E-state index in [9.17, 15) is 4.79 Å². The normalized spacial score (nSPS) is 17.0. The number of rotatable bonds is 6. The number of nitrogens with one attached hydrogen (secondary N) is 1. The van der Waals surface area contributed by atoms with Crippen LogP contribution in [0.25, 0.3) is 5.69 Å². The number of hydrogen-bond acceptors (Lipinski definition) is 4. The van der Waals surface area contributed by atoms with Gasteiger partial charge >= 0.3 is 0 Å². The molecule has 32 heavy (non-hydrogen) atoms. The lowest BCUT2D eigenvalue weighted by Gasteiger charge is -2.29. The van der Waals surface area contributed by atoms with Gasteiger partial charge in [0.1, 0.15) is 5.75 Å². The number of amides is 1. The van der Waals surface area contributed by atoms with Crippen molar-refractivity contribution in [3.63, 3.8) is 0 Å². The van der Waals surface area contributed by atoms with Crippen LogP contribution in [0, 0.1) is 13.8 Å². The number of para-hydroxylation sites is 1. The standard InChI is InChI=1S/C26H32N4O2/c1-19-26(20(2)30(28-19)22-10-6-4-7-11-22)27-25(31)18-29-17-9-5-8-12-24(29)21-13-15-23(32-3)16-14-21/h4,6-7,10-11,13-16,24H,5,8-9,12,17-18H2,1-3H3,(H,27,31). The fraction of sp³-hybridized carbons (Fsp3) is 0.385. The average Bonchev–Trinajstić information content (AvgIpc) is 2.97.